The van der Waals surface area contributed by atoms with Crippen LogP contribution in [0, 0.1) is 5.82 Å². The number of hydrogen-bond donors (Lipinski definition) is 1. The van der Waals surface area contributed by atoms with Crippen molar-refractivity contribution in [1.82, 2.24) is 0 Å². The lowest BCUT2D eigenvalue weighted by Gasteiger charge is -2.21. The molecule has 0 saturated heterocycles. The normalized spacial score (nSPS) is 10.2. The fourth-order valence-corrected chi connectivity index (χ4v) is 2.37. The topological polar surface area (TPSA) is 52.7 Å². The number of nitrogens with zero attached hydrogens (tertiary/aromatic N) is 2. The Morgan fingerprint density at radius 1 is 0.960 bits per heavy atom. The zero-order chi connectivity index (χ0) is 18.4. The molecule has 0 aliphatic carbocycles. The van der Waals surface area contributed by atoms with Gasteiger partial charge < -0.3 is 15.1 Å². The Hall–Kier alpha value is -2.89. The molecule has 0 aliphatic rings. The van der Waals surface area contributed by atoms with E-state index in [-0.39, 0.29) is 30.6 Å². The van der Waals surface area contributed by atoms with E-state index in [1.807, 2.05) is 43.3 Å². The number of halogens is 1. The molecule has 6 heteroatoms. The third-order valence-electron chi connectivity index (χ3n) is 3.75. The lowest BCUT2D eigenvalue weighted by molar-refractivity contribution is -0.117. The molecule has 0 aromatic heterocycles. The molecule has 0 unspecified atom stereocenters. The van der Waals surface area contributed by atoms with Gasteiger partial charge in [-0.3, -0.25) is 9.59 Å². The minimum atomic E-state index is -0.369. The number of amides is 2. The quantitative estimate of drug-likeness (QED) is 0.876. The van der Waals surface area contributed by atoms with Crippen molar-refractivity contribution < 1.29 is 14.0 Å². The van der Waals surface area contributed by atoms with E-state index in [9.17, 15) is 14.0 Å². The van der Waals surface area contributed by atoms with Gasteiger partial charge in [0, 0.05) is 51.0 Å². The maximum absolute atomic E-state index is 13.0. The molecule has 2 aromatic carbocycles. The Kier molecular flexibility index (Phi) is 6.11. The molecule has 1 N–H and O–H groups in total. The number of nitrogens with one attached hydrogen (secondary N) is 1. The number of hydrogen-bond acceptors (Lipinski definition) is 3. The standard InChI is InChI=1S/C19H22FN3O2/c1-14(24)23(18-8-4-15(20)5-9-18)13-12-19(25)21-16-6-10-17(11-7-16)22(2)3/h4-11H,12-13H2,1-3H3,(H,21,25). The van der Waals surface area contributed by atoms with Crippen molar-refractivity contribution in [3.8, 4) is 0 Å². The first kappa shape index (κ1) is 18.4. The molecule has 25 heavy (non-hydrogen) atoms. The van der Waals surface area contributed by atoms with Crippen molar-refractivity contribution in [3.05, 3.63) is 54.3 Å². The lowest BCUT2D eigenvalue weighted by atomic mass is 10.2. The predicted molar refractivity (Wildman–Crippen MR) is 98.4 cm³/mol. The fraction of sp³-hybridized carbons (Fsp3) is 0.263. The molecule has 0 atom stereocenters. The molecular weight excluding hydrogens is 321 g/mol. The van der Waals surface area contributed by atoms with E-state index in [2.05, 4.69) is 5.32 Å². The maximum Gasteiger partial charge on any atom is 0.226 e. The van der Waals surface area contributed by atoms with Gasteiger partial charge in [0.05, 0.1) is 0 Å². The minimum absolute atomic E-state index is 0.145. The summed E-state index contributed by atoms with van der Waals surface area (Å²) in [7, 11) is 3.89. The molecule has 0 radical (unpaired) electrons. The number of carbonyl (C=O) groups excluding carboxylic acids is 2. The van der Waals surface area contributed by atoms with Crippen LogP contribution in [0.15, 0.2) is 48.5 Å². The summed E-state index contributed by atoms with van der Waals surface area (Å²) in [5, 5.41) is 2.81. The van der Waals surface area contributed by atoms with Crippen LogP contribution in [0.2, 0.25) is 0 Å². The molecule has 0 spiro atoms. The molecule has 2 amide bonds. The smallest absolute Gasteiger partial charge is 0.226 e. The molecule has 5 nitrogen and oxygen atoms in total. The Labute approximate surface area is 147 Å². The summed E-state index contributed by atoms with van der Waals surface area (Å²) < 4.78 is 13.0. The van der Waals surface area contributed by atoms with Crippen LogP contribution in [0.1, 0.15) is 13.3 Å². The van der Waals surface area contributed by atoms with Crippen LogP contribution < -0.4 is 15.1 Å². The second-order valence-electron chi connectivity index (χ2n) is 5.89. The number of rotatable bonds is 6. The van der Waals surface area contributed by atoms with Crippen LogP contribution in [0.3, 0.4) is 0 Å². The molecule has 0 heterocycles. The second-order valence-corrected chi connectivity index (χ2v) is 5.89. The lowest BCUT2D eigenvalue weighted by Crippen LogP contribution is -2.31. The van der Waals surface area contributed by atoms with Crippen LogP contribution in [0.5, 0.6) is 0 Å². The Morgan fingerprint density at radius 2 is 1.52 bits per heavy atom. The third kappa shape index (κ3) is 5.31. The summed E-state index contributed by atoms with van der Waals surface area (Å²) in [6.07, 6.45) is 0.145. The summed E-state index contributed by atoms with van der Waals surface area (Å²) in [4.78, 5) is 27.3. The van der Waals surface area contributed by atoms with Gasteiger partial charge in [-0.1, -0.05) is 0 Å². The first-order valence-electron chi connectivity index (χ1n) is 7.97. The van der Waals surface area contributed by atoms with E-state index in [0.717, 1.165) is 5.69 Å². The summed E-state index contributed by atoms with van der Waals surface area (Å²) in [6, 6.07) is 13.1. The Balaban J connectivity index is 1.94. The van der Waals surface area contributed by atoms with Gasteiger partial charge in [0.25, 0.3) is 0 Å². The first-order valence-corrected chi connectivity index (χ1v) is 7.97. The van der Waals surface area contributed by atoms with E-state index in [4.69, 9.17) is 0 Å². The van der Waals surface area contributed by atoms with Gasteiger partial charge in [0.1, 0.15) is 5.82 Å². The number of carbonyl (C=O) groups is 2. The highest BCUT2D eigenvalue weighted by atomic mass is 19.1. The Bertz CT molecular complexity index is 727. The molecule has 2 aromatic rings. The average molecular weight is 343 g/mol. The van der Waals surface area contributed by atoms with Crippen molar-refractivity contribution in [2.24, 2.45) is 0 Å². The first-order chi connectivity index (χ1) is 11.9. The van der Waals surface area contributed by atoms with Gasteiger partial charge in [0.2, 0.25) is 11.8 Å². The van der Waals surface area contributed by atoms with Crippen molar-refractivity contribution in [1.29, 1.82) is 0 Å². The van der Waals surface area contributed by atoms with Crippen LogP contribution >= 0.6 is 0 Å². The van der Waals surface area contributed by atoms with Crippen LogP contribution in [-0.2, 0) is 9.59 Å². The van der Waals surface area contributed by atoms with Crippen molar-refractivity contribution in [2.45, 2.75) is 13.3 Å². The van der Waals surface area contributed by atoms with E-state index >= 15 is 0 Å². The maximum atomic E-state index is 13.0. The van der Waals surface area contributed by atoms with Gasteiger partial charge in [-0.15, -0.1) is 0 Å². The molecule has 0 fully saturated rings. The molecular formula is C19H22FN3O2. The van der Waals surface area contributed by atoms with Gasteiger partial charge >= 0.3 is 0 Å². The highest BCUT2D eigenvalue weighted by Crippen LogP contribution is 2.17. The number of anilines is 3. The van der Waals surface area contributed by atoms with Gasteiger partial charge in [-0.25, -0.2) is 4.39 Å². The van der Waals surface area contributed by atoms with E-state index in [1.165, 1.54) is 36.1 Å². The third-order valence-corrected chi connectivity index (χ3v) is 3.75. The summed E-state index contributed by atoms with van der Waals surface area (Å²) in [5.74, 6) is -0.758. The van der Waals surface area contributed by atoms with Crippen molar-refractivity contribution >= 4 is 28.9 Å². The fourth-order valence-electron chi connectivity index (χ4n) is 2.37. The predicted octanol–water partition coefficient (Wildman–Crippen LogP) is 3.27. The van der Waals surface area contributed by atoms with Crippen LogP contribution in [0.25, 0.3) is 0 Å². The summed E-state index contributed by atoms with van der Waals surface area (Å²) >= 11 is 0. The van der Waals surface area contributed by atoms with Gasteiger partial charge in [-0.05, 0) is 48.5 Å². The molecule has 2 rings (SSSR count). The zero-order valence-corrected chi connectivity index (χ0v) is 14.6. The van der Waals surface area contributed by atoms with Gasteiger partial charge in [-0.2, -0.15) is 0 Å². The van der Waals surface area contributed by atoms with E-state index in [0.29, 0.717) is 11.4 Å². The number of benzene rings is 2. The zero-order valence-electron chi connectivity index (χ0n) is 14.6. The monoisotopic (exact) mass is 343 g/mol. The van der Waals surface area contributed by atoms with Crippen LogP contribution in [0.4, 0.5) is 21.5 Å². The summed E-state index contributed by atoms with van der Waals surface area (Å²) in [5.41, 5.74) is 2.31. The highest BCUT2D eigenvalue weighted by Gasteiger charge is 2.13. The molecule has 132 valence electrons. The second kappa shape index (κ2) is 8.28. The van der Waals surface area contributed by atoms with Crippen molar-refractivity contribution in [2.75, 3.05) is 35.8 Å². The minimum Gasteiger partial charge on any atom is -0.378 e. The highest BCUT2D eigenvalue weighted by molar-refractivity contribution is 5.94. The van der Waals surface area contributed by atoms with E-state index < -0.39 is 0 Å². The summed E-state index contributed by atoms with van der Waals surface area (Å²) in [6.45, 7) is 1.64. The Morgan fingerprint density at radius 3 is 2.04 bits per heavy atom. The van der Waals surface area contributed by atoms with Crippen molar-refractivity contribution in [3.63, 3.8) is 0 Å². The van der Waals surface area contributed by atoms with Crippen LogP contribution in [-0.4, -0.2) is 32.5 Å². The SMILES string of the molecule is CC(=O)N(CCC(=O)Nc1ccc(N(C)C)cc1)c1ccc(F)cc1. The molecule has 0 bridgehead atoms. The largest absolute Gasteiger partial charge is 0.378 e. The van der Waals surface area contributed by atoms with E-state index in [1.54, 1.807) is 0 Å². The molecule has 0 aliphatic heterocycles. The molecule has 0 saturated carbocycles. The average Bonchev–Trinajstić information content (AvgIpc) is 2.57. The van der Waals surface area contributed by atoms with Gasteiger partial charge in [0.15, 0.2) is 0 Å².